The highest BCUT2D eigenvalue weighted by atomic mass is 35.5. The van der Waals surface area contributed by atoms with Crippen molar-refractivity contribution in [2.24, 2.45) is 0 Å². The fourth-order valence-electron chi connectivity index (χ4n) is 2.75. The number of hydrogen-bond acceptors (Lipinski definition) is 5. The van der Waals surface area contributed by atoms with Crippen molar-refractivity contribution < 1.29 is 18.7 Å². The lowest BCUT2D eigenvalue weighted by Crippen LogP contribution is -2.20. The second-order valence-electron chi connectivity index (χ2n) is 6.57. The van der Waals surface area contributed by atoms with Gasteiger partial charge in [0.2, 0.25) is 0 Å². The number of ether oxygens (including phenoxy) is 2. The molecule has 2 aromatic carbocycles. The summed E-state index contributed by atoms with van der Waals surface area (Å²) in [4.78, 5) is 12.1. The molecule has 3 aromatic rings. The lowest BCUT2D eigenvalue weighted by Gasteiger charge is -2.13. The van der Waals surface area contributed by atoms with Crippen LogP contribution in [0.3, 0.4) is 0 Å². The van der Waals surface area contributed by atoms with Gasteiger partial charge in [0.1, 0.15) is 5.82 Å². The predicted molar refractivity (Wildman–Crippen MR) is 112 cm³/mol. The van der Waals surface area contributed by atoms with Crippen molar-refractivity contribution in [3.63, 3.8) is 0 Å². The van der Waals surface area contributed by atoms with Crippen LogP contribution in [0, 0.1) is 12.7 Å². The summed E-state index contributed by atoms with van der Waals surface area (Å²) in [5.41, 5.74) is 3.53. The van der Waals surface area contributed by atoms with Gasteiger partial charge >= 0.3 is 0 Å². The van der Waals surface area contributed by atoms with Crippen LogP contribution in [0.2, 0.25) is 5.02 Å². The molecule has 1 amide bonds. The van der Waals surface area contributed by atoms with Crippen LogP contribution in [0.4, 0.5) is 10.1 Å². The third kappa shape index (κ3) is 5.71. The largest absolute Gasteiger partial charge is 0.493 e. The molecular weight excluding hydrogens is 411 g/mol. The molecule has 30 heavy (non-hydrogen) atoms. The molecule has 0 aliphatic rings. The third-order valence-corrected chi connectivity index (χ3v) is 4.66. The topological polar surface area (TPSA) is 88.3 Å². The minimum atomic E-state index is -0.551. The average Bonchev–Trinajstić information content (AvgIpc) is 3.14. The van der Waals surface area contributed by atoms with Crippen molar-refractivity contribution in [2.45, 2.75) is 20.0 Å². The first-order valence-corrected chi connectivity index (χ1v) is 9.58. The Morgan fingerprint density at radius 1 is 1.20 bits per heavy atom. The minimum Gasteiger partial charge on any atom is -0.493 e. The van der Waals surface area contributed by atoms with Gasteiger partial charge in [-0.05, 0) is 42.8 Å². The zero-order chi connectivity index (χ0) is 21.5. The molecule has 158 valence electrons. The highest BCUT2D eigenvalue weighted by Gasteiger charge is 2.10. The van der Waals surface area contributed by atoms with E-state index in [9.17, 15) is 9.18 Å². The van der Waals surface area contributed by atoms with Gasteiger partial charge in [-0.3, -0.25) is 9.89 Å². The third-order valence-electron chi connectivity index (χ3n) is 4.37. The van der Waals surface area contributed by atoms with Crippen LogP contribution >= 0.6 is 11.6 Å². The summed E-state index contributed by atoms with van der Waals surface area (Å²) >= 11 is 5.71. The van der Waals surface area contributed by atoms with E-state index in [1.165, 1.54) is 25.3 Å². The molecule has 0 fully saturated rings. The first-order chi connectivity index (χ1) is 14.5. The summed E-state index contributed by atoms with van der Waals surface area (Å²) in [5, 5.41) is 12.8. The van der Waals surface area contributed by atoms with Crippen LogP contribution in [0.15, 0.2) is 42.6 Å². The zero-order valence-corrected chi connectivity index (χ0v) is 17.3. The smallest absolute Gasteiger partial charge is 0.262 e. The van der Waals surface area contributed by atoms with Crippen molar-refractivity contribution in [2.75, 3.05) is 19.0 Å². The van der Waals surface area contributed by atoms with Gasteiger partial charge in [0.25, 0.3) is 5.91 Å². The highest BCUT2D eigenvalue weighted by molar-refractivity contribution is 6.31. The van der Waals surface area contributed by atoms with Crippen molar-refractivity contribution in [1.82, 2.24) is 15.5 Å². The van der Waals surface area contributed by atoms with Gasteiger partial charge in [-0.25, -0.2) is 4.39 Å². The van der Waals surface area contributed by atoms with E-state index in [2.05, 4.69) is 20.8 Å². The quantitative estimate of drug-likeness (QED) is 0.478. The van der Waals surface area contributed by atoms with Crippen molar-refractivity contribution in [3.05, 3.63) is 70.3 Å². The van der Waals surface area contributed by atoms with Crippen LogP contribution in [0.1, 0.15) is 16.8 Å². The summed E-state index contributed by atoms with van der Waals surface area (Å²) in [6, 6.07) is 9.44. The first kappa shape index (κ1) is 21.6. The van der Waals surface area contributed by atoms with E-state index in [1.807, 2.05) is 19.1 Å². The predicted octanol–water partition coefficient (Wildman–Crippen LogP) is 3.83. The molecule has 1 heterocycles. The summed E-state index contributed by atoms with van der Waals surface area (Å²) in [6.45, 7) is 3.06. The number of rotatable bonds is 9. The van der Waals surface area contributed by atoms with E-state index in [-0.39, 0.29) is 11.6 Å². The maximum absolute atomic E-state index is 13.2. The number of nitrogens with zero attached hydrogens (tertiary/aromatic N) is 1. The van der Waals surface area contributed by atoms with Crippen molar-refractivity contribution >= 4 is 23.2 Å². The molecular formula is C21H22ClFN4O3. The van der Waals surface area contributed by atoms with Crippen LogP contribution in [0.5, 0.6) is 11.5 Å². The molecule has 1 aromatic heterocycles. The molecule has 0 saturated carbocycles. The number of H-pyrrole nitrogens is 1. The normalized spacial score (nSPS) is 10.7. The summed E-state index contributed by atoms with van der Waals surface area (Å²) in [6.07, 6.45) is 1.80. The summed E-state index contributed by atoms with van der Waals surface area (Å²) < 4.78 is 24.1. The number of carbonyl (C=O) groups excluding carboxylic acids is 1. The van der Waals surface area contributed by atoms with Crippen molar-refractivity contribution in [3.8, 4) is 11.5 Å². The molecule has 0 unspecified atom stereocenters. The first-order valence-electron chi connectivity index (χ1n) is 9.20. The molecule has 0 aliphatic carbocycles. The number of halogens is 2. The fraction of sp³-hybridized carbons (Fsp3) is 0.238. The van der Waals surface area contributed by atoms with Gasteiger partial charge in [-0.15, -0.1) is 0 Å². The van der Waals surface area contributed by atoms with Gasteiger partial charge in [0.15, 0.2) is 18.1 Å². The summed E-state index contributed by atoms with van der Waals surface area (Å²) in [5.74, 6) is 0.0109. The fourth-order valence-corrected chi connectivity index (χ4v) is 2.93. The molecule has 0 saturated heterocycles. The number of amides is 1. The molecule has 0 aliphatic heterocycles. The van der Waals surface area contributed by atoms with Gasteiger partial charge in [-0.1, -0.05) is 17.7 Å². The Morgan fingerprint density at radius 3 is 2.73 bits per heavy atom. The molecule has 9 heteroatoms. The van der Waals surface area contributed by atoms with Crippen LogP contribution < -0.4 is 20.1 Å². The highest BCUT2D eigenvalue weighted by Crippen LogP contribution is 2.28. The minimum absolute atomic E-state index is 0.0671. The Hall–Kier alpha value is -3.10. The second-order valence-corrected chi connectivity index (χ2v) is 6.98. The Morgan fingerprint density at radius 2 is 2.03 bits per heavy atom. The monoisotopic (exact) mass is 432 g/mol. The van der Waals surface area contributed by atoms with E-state index in [0.29, 0.717) is 30.3 Å². The molecule has 3 N–H and O–H groups in total. The number of methoxy groups -OCH3 is 1. The van der Waals surface area contributed by atoms with Crippen LogP contribution in [0.25, 0.3) is 0 Å². The Bertz CT molecular complexity index is 1030. The lowest BCUT2D eigenvalue weighted by atomic mass is 10.2. The number of aromatic amines is 1. The average molecular weight is 433 g/mol. The zero-order valence-electron chi connectivity index (χ0n) is 16.6. The Kier molecular flexibility index (Phi) is 7.26. The Balaban J connectivity index is 1.53. The molecule has 3 rings (SSSR count). The number of anilines is 1. The van der Waals surface area contributed by atoms with E-state index in [0.717, 1.165) is 16.8 Å². The van der Waals surface area contributed by atoms with E-state index >= 15 is 0 Å². The van der Waals surface area contributed by atoms with Gasteiger partial charge in [-0.2, -0.15) is 5.10 Å². The molecule has 0 spiro atoms. The molecule has 7 nitrogen and oxygen atoms in total. The number of carbonyl (C=O) groups is 1. The molecule has 0 radical (unpaired) electrons. The van der Waals surface area contributed by atoms with Crippen molar-refractivity contribution in [1.29, 1.82) is 0 Å². The van der Waals surface area contributed by atoms with Crippen LogP contribution in [-0.2, 0) is 17.9 Å². The Labute approximate surface area is 178 Å². The maximum atomic E-state index is 13.2. The number of aryl methyl sites for hydroxylation is 1. The van der Waals surface area contributed by atoms with Gasteiger partial charge < -0.3 is 20.1 Å². The summed E-state index contributed by atoms with van der Waals surface area (Å²) in [7, 11) is 1.54. The maximum Gasteiger partial charge on any atom is 0.262 e. The van der Waals surface area contributed by atoms with Gasteiger partial charge in [0, 0.05) is 30.0 Å². The van der Waals surface area contributed by atoms with E-state index in [4.69, 9.17) is 21.1 Å². The number of nitrogens with one attached hydrogen (secondary N) is 3. The lowest BCUT2D eigenvalue weighted by molar-refractivity contribution is -0.118. The molecule has 0 bridgehead atoms. The second kappa shape index (κ2) is 10.1. The van der Waals surface area contributed by atoms with Crippen LogP contribution in [-0.4, -0.2) is 29.8 Å². The van der Waals surface area contributed by atoms with E-state index in [1.54, 1.807) is 12.3 Å². The number of aromatic nitrogens is 2. The molecule has 0 atom stereocenters. The SMILES string of the molecule is COc1cc(CNCc2cn[nH]c2C)ccc1OCC(=O)Nc1ccc(F)c(Cl)c1. The standard InChI is InChI=1S/C21H22ClFN4O3/c1-13-15(11-25-27-13)10-24-9-14-3-6-19(20(7-14)29-2)30-12-21(28)26-16-4-5-18(23)17(22)8-16/h3-8,11,24H,9-10,12H2,1-2H3,(H,25,27)(H,26,28). The number of benzene rings is 2. The van der Waals surface area contributed by atoms with Gasteiger partial charge in [0.05, 0.1) is 18.3 Å². The van der Waals surface area contributed by atoms with E-state index < -0.39 is 11.7 Å². The number of hydrogen-bond donors (Lipinski definition) is 3.